The van der Waals surface area contributed by atoms with Crippen molar-refractivity contribution in [3.63, 3.8) is 0 Å². The first-order valence-electron chi connectivity index (χ1n) is 6.52. The van der Waals surface area contributed by atoms with E-state index in [0.717, 1.165) is 25.3 Å². The van der Waals surface area contributed by atoms with E-state index < -0.39 is 17.9 Å². The average Bonchev–Trinajstić information content (AvgIpc) is 2.52. The first-order valence-corrected chi connectivity index (χ1v) is 10.1. The van der Waals surface area contributed by atoms with Gasteiger partial charge in [-0.3, -0.25) is 0 Å². The fourth-order valence-corrected chi connectivity index (χ4v) is 4.84. The van der Waals surface area contributed by atoms with Crippen molar-refractivity contribution < 1.29 is 31.0 Å². The van der Waals surface area contributed by atoms with Gasteiger partial charge in [0.1, 0.15) is 0 Å². The minimum atomic E-state index is -2.90. The zero-order valence-corrected chi connectivity index (χ0v) is 15.4. The molecule has 0 amide bonds. The van der Waals surface area contributed by atoms with Gasteiger partial charge in [-0.1, -0.05) is 6.42 Å². The van der Waals surface area contributed by atoms with Gasteiger partial charge in [-0.05, 0) is 12.8 Å². The molecule has 0 saturated heterocycles. The summed E-state index contributed by atoms with van der Waals surface area (Å²) in [6.07, 6.45) is 2.81. The van der Waals surface area contributed by atoms with Crippen LogP contribution in [0.1, 0.15) is 19.3 Å². The average molecular weight is 329 g/mol. The standard InChI is InChI=1S/C11H28O7Si2/c1-12-19(13-2,14-3)11-9-7-8-10-18-20(15-4,16-5)17-6/h7-11H2,1-6H3. The summed E-state index contributed by atoms with van der Waals surface area (Å²) < 4.78 is 37.2. The summed E-state index contributed by atoms with van der Waals surface area (Å²) in [5, 5.41) is 0. The fraction of sp³-hybridized carbons (Fsp3) is 1.00. The van der Waals surface area contributed by atoms with Gasteiger partial charge in [-0.25, -0.2) is 0 Å². The molecular formula is C11H28O7Si2. The Morgan fingerprint density at radius 2 is 1.10 bits per heavy atom. The van der Waals surface area contributed by atoms with Gasteiger partial charge in [-0.15, -0.1) is 0 Å². The number of hydrogen-bond donors (Lipinski definition) is 0. The lowest BCUT2D eigenvalue weighted by molar-refractivity contribution is 0.00502. The predicted molar refractivity (Wildman–Crippen MR) is 78.2 cm³/mol. The maximum atomic E-state index is 5.58. The highest BCUT2D eigenvalue weighted by Gasteiger charge is 2.42. The molecule has 0 aliphatic rings. The van der Waals surface area contributed by atoms with E-state index >= 15 is 0 Å². The second-order valence-corrected chi connectivity index (χ2v) is 9.67. The van der Waals surface area contributed by atoms with Crippen LogP contribution in [0.3, 0.4) is 0 Å². The zero-order chi connectivity index (χ0) is 15.5. The van der Waals surface area contributed by atoms with Crippen molar-refractivity contribution in [2.75, 3.05) is 49.3 Å². The molecular weight excluding hydrogens is 300 g/mol. The molecule has 9 heteroatoms. The quantitative estimate of drug-likeness (QED) is 0.374. The Hall–Kier alpha value is 0.154. The topological polar surface area (TPSA) is 64.6 Å². The lowest BCUT2D eigenvalue weighted by atomic mass is 10.3. The second kappa shape index (κ2) is 10.8. The summed E-state index contributed by atoms with van der Waals surface area (Å²) >= 11 is 0. The normalized spacial score (nSPS) is 12.9. The smallest absolute Gasteiger partial charge is 0.377 e. The van der Waals surface area contributed by atoms with Crippen molar-refractivity contribution in [1.29, 1.82) is 0 Å². The van der Waals surface area contributed by atoms with E-state index in [1.54, 1.807) is 21.3 Å². The molecule has 0 unspecified atom stereocenters. The summed E-state index contributed by atoms with van der Waals surface area (Å²) in [7, 11) is 4.10. The van der Waals surface area contributed by atoms with Crippen molar-refractivity contribution in [3.05, 3.63) is 0 Å². The third-order valence-corrected chi connectivity index (χ3v) is 7.98. The van der Waals surface area contributed by atoms with Crippen LogP contribution < -0.4 is 0 Å². The van der Waals surface area contributed by atoms with Gasteiger partial charge in [0.05, 0.1) is 0 Å². The van der Waals surface area contributed by atoms with Crippen LogP contribution in [0.2, 0.25) is 6.04 Å². The fourth-order valence-electron chi connectivity index (χ4n) is 1.80. The van der Waals surface area contributed by atoms with E-state index in [1.807, 2.05) is 0 Å². The molecule has 0 atom stereocenters. The second-order valence-electron chi connectivity index (χ2n) is 4.07. The van der Waals surface area contributed by atoms with Crippen LogP contribution >= 0.6 is 0 Å². The molecule has 0 aromatic carbocycles. The Labute approximate surface area is 124 Å². The maximum absolute atomic E-state index is 5.58. The van der Waals surface area contributed by atoms with Crippen LogP contribution in [-0.2, 0) is 31.0 Å². The Balaban J connectivity index is 3.87. The highest BCUT2D eigenvalue weighted by Crippen LogP contribution is 2.17. The van der Waals surface area contributed by atoms with Gasteiger partial charge in [0.25, 0.3) is 0 Å². The third-order valence-electron chi connectivity index (χ3n) is 3.09. The minimum absolute atomic E-state index is 0.531. The van der Waals surface area contributed by atoms with Crippen molar-refractivity contribution in [1.82, 2.24) is 0 Å². The molecule has 0 heterocycles. The number of unbranched alkanes of at least 4 members (excludes halogenated alkanes) is 2. The molecule has 0 N–H and O–H groups in total. The highest BCUT2D eigenvalue weighted by atomic mass is 28.4. The maximum Gasteiger partial charge on any atom is 0.678 e. The van der Waals surface area contributed by atoms with E-state index in [9.17, 15) is 0 Å². The zero-order valence-electron chi connectivity index (χ0n) is 13.4. The Morgan fingerprint density at radius 1 is 0.600 bits per heavy atom. The van der Waals surface area contributed by atoms with Gasteiger partial charge < -0.3 is 31.0 Å². The van der Waals surface area contributed by atoms with E-state index in [2.05, 4.69) is 0 Å². The third kappa shape index (κ3) is 6.28. The predicted octanol–water partition coefficient (Wildman–Crippen LogP) is 1.43. The van der Waals surface area contributed by atoms with Gasteiger partial charge in [0, 0.05) is 55.3 Å². The molecule has 0 radical (unpaired) electrons. The van der Waals surface area contributed by atoms with Crippen LogP contribution in [0.5, 0.6) is 0 Å². The summed E-state index contributed by atoms with van der Waals surface area (Å²) in [4.78, 5) is 0. The highest BCUT2D eigenvalue weighted by molar-refractivity contribution is 6.60. The molecule has 0 aromatic rings. The summed E-state index contributed by atoms with van der Waals surface area (Å²) in [6, 6.07) is 0.790. The SMILES string of the molecule is CO[Si](CCCCCO[Si](OC)(OC)OC)(OC)OC. The molecule has 0 spiro atoms. The minimum Gasteiger partial charge on any atom is -0.377 e. The van der Waals surface area contributed by atoms with E-state index in [-0.39, 0.29) is 0 Å². The van der Waals surface area contributed by atoms with E-state index in [0.29, 0.717) is 6.61 Å². The first-order chi connectivity index (χ1) is 9.57. The molecule has 0 bridgehead atoms. The van der Waals surface area contributed by atoms with Crippen LogP contribution in [0.15, 0.2) is 0 Å². The van der Waals surface area contributed by atoms with Crippen LogP contribution in [0.4, 0.5) is 0 Å². The number of rotatable bonds is 13. The molecule has 0 fully saturated rings. The first kappa shape index (κ1) is 20.2. The van der Waals surface area contributed by atoms with Crippen molar-refractivity contribution in [2.45, 2.75) is 25.3 Å². The molecule has 122 valence electrons. The van der Waals surface area contributed by atoms with Crippen molar-refractivity contribution in [2.24, 2.45) is 0 Å². The van der Waals surface area contributed by atoms with Crippen molar-refractivity contribution >= 4 is 17.9 Å². The summed E-state index contributed by atoms with van der Waals surface area (Å²) in [6.45, 7) is 0.531. The van der Waals surface area contributed by atoms with Crippen LogP contribution in [0.25, 0.3) is 0 Å². The Bertz CT molecular complexity index is 194. The van der Waals surface area contributed by atoms with Crippen molar-refractivity contribution in [3.8, 4) is 0 Å². The Morgan fingerprint density at radius 3 is 1.50 bits per heavy atom. The van der Waals surface area contributed by atoms with Gasteiger partial charge in [-0.2, -0.15) is 0 Å². The molecule has 0 aromatic heterocycles. The lowest BCUT2D eigenvalue weighted by Crippen LogP contribution is -2.46. The van der Waals surface area contributed by atoms with E-state index in [1.165, 1.54) is 21.3 Å². The summed E-state index contributed by atoms with van der Waals surface area (Å²) in [5.74, 6) is 0. The van der Waals surface area contributed by atoms with Crippen LogP contribution in [-0.4, -0.2) is 67.1 Å². The van der Waals surface area contributed by atoms with Gasteiger partial charge >= 0.3 is 17.9 Å². The Kier molecular flexibility index (Phi) is 10.9. The molecule has 0 aliphatic heterocycles. The molecule has 0 rings (SSSR count). The monoisotopic (exact) mass is 328 g/mol. The number of hydrogen-bond acceptors (Lipinski definition) is 7. The van der Waals surface area contributed by atoms with Gasteiger partial charge in [0.2, 0.25) is 0 Å². The lowest BCUT2D eigenvalue weighted by Gasteiger charge is -2.24. The molecule has 7 nitrogen and oxygen atoms in total. The van der Waals surface area contributed by atoms with Gasteiger partial charge in [0.15, 0.2) is 0 Å². The molecule has 0 aliphatic carbocycles. The van der Waals surface area contributed by atoms with Crippen LogP contribution in [0, 0.1) is 0 Å². The molecule has 0 saturated carbocycles. The largest absolute Gasteiger partial charge is 0.678 e. The molecule has 20 heavy (non-hydrogen) atoms. The summed E-state index contributed by atoms with van der Waals surface area (Å²) in [5.41, 5.74) is 0. The van der Waals surface area contributed by atoms with E-state index in [4.69, 9.17) is 31.0 Å².